The molecule has 0 bridgehead atoms. The highest BCUT2D eigenvalue weighted by Crippen LogP contribution is 2.05. The summed E-state index contributed by atoms with van der Waals surface area (Å²) in [5, 5.41) is 20.3. The van der Waals surface area contributed by atoms with Gasteiger partial charge in [0.15, 0.2) is 6.04 Å². The molecular weight excluding hydrogens is 222 g/mol. The first-order valence-electron chi connectivity index (χ1n) is 5.20. The number of amides is 1. The molecule has 0 aliphatic carbocycles. The Morgan fingerprint density at radius 2 is 2.00 bits per heavy atom. The predicted molar refractivity (Wildman–Crippen MR) is 61.7 cm³/mol. The standard InChI is InChI=1S/C12H15NO4/c1-7-4-3-5-9(6-7)11(15)13-10(8(2)14)12(16)17/h3-6,8,10,14H,1-2H3,(H,13,15)(H,16,17)/t8-,10+/m1/s1. The number of rotatable bonds is 4. The summed E-state index contributed by atoms with van der Waals surface area (Å²) in [5.74, 6) is -1.77. The summed E-state index contributed by atoms with van der Waals surface area (Å²) in [4.78, 5) is 22.5. The van der Waals surface area contributed by atoms with E-state index in [2.05, 4.69) is 5.32 Å². The molecular formula is C12H15NO4. The third-order valence-corrected chi connectivity index (χ3v) is 2.32. The Morgan fingerprint density at radius 1 is 1.35 bits per heavy atom. The highest BCUT2D eigenvalue weighted by Gasteiger charge is 2.25. The van der Waals surface area contributed by atoms with Gasteiger partial charge >= 0.3 is 5.97 Å². The van der Waals surface area contributed by atoms with Crippen LogP contribution in [0, 0.1) is 6.92 Å². The van der Waals surface area contributed by atoms with Gasteiger partial charge in [0.2, 0.25) is 0 Å². The molecule has 0 radical (unpaired) electrons. The van der Waals surface area contributed by atoms with Crippen molar-refractivity contribution in [2.45, 2.75) is 26.0 Å². The molecule has 0 saturated carbocycles. The lowest BCUT2D eigenvalue weighted by Gasteiger charge is -2.17. The molecule has 0 unspecified atom stereocenters. The van der Waals surface area contributed by atoms with Gasteiger partial charge < -0.3 is 15.5 Å². The van der Waals surface area contributed by atoms with Crippen LogP contribution in [0.15, 0.2) is 24.3 Å². The molecule has 1 aromatic carbocycles. The topological polar surface area (TPSA) is 86.6 Å². The Bertz CT molecular complexity index is 428. The zero-order chi connectivity index (χ0) is 13.0. The van der Waals surface area contributed by atoms with Gasteiger partial charge in [0.05, 0.1) is 6.10 Å². The van der Waals surface area contributed by atoms with Gasteiger partial charge in [-0.15, -0.1) is 0 Å². The van der Waals surface area contributed by atoms with Crippen molar-refractivity contribution in [3.63, 3.8) is 0 Å². The first kappa shape index (κ1) is 13.2. The van der Waals surface area contributed by atoms with Crippen LogP contribution >= 0.6 is 0 Å². The first-order chi connectivity index (χ1) is 7.91. The zero-order valence-electron chi connectivity index (χ0n) is 9.68. The number of nitrogens with one attached hydrogen (secondary N) is 1. The van der Waals surface area contributed by atoms with Gasteiger partial charge in [-0.1, -0.05) is 17.7 Å². The van der Waals surface area contributed by atoms with E-state index in [1.54, 1.807) is 18.2 Å². The normalized spacial score (nSPS) is 13.8. The number of benzene rings is 1. The average molecular weight is 237 g/mol. The lowest BCUT2D eigenvalue weighted by atomic mass is 10.1. The number of aryl methyl sites for hydroxylation is 1. The molecule has 0 saturated heterocycles. The van der Waals surface area contributed by atoms with Crippen molar-refractivity contribution in [1.82, 2.24) is 5.32 Å². The van der Waals surface area contributed by atoms with Crippen LogP contribution in [-0.2, 0) is 4.79 Å². The van der Waals surface area contributed by atoms with E-state index in [0.717, 1.165) is 5.56 Å². The SMILES string of the molecule is Cc1cccc(C(=O)N[C@H](C(=O)O)[C@@H](C)O)c1. The van der Waals surface area contributed by atoms with Crippen molar-refractivity contribution in [3.05, 3.63) is 35.4 Å². The molecule has 0 aliphatic heterocycles. The Labute approximate surface area is 99.1 Å². The van der Waals surface area contributed by atoms with Crippen molar-refractivity contribution in [2.75, 3.05) is 0 Å². The van der Waals surface area contributed by atoms with Crippen LogP contribution < -0.4 is 5.32 Å². The number of aliphatic hydroxyl groups is 1. The maximum atomic E-state index is 11.7. The molecule has 1 rings (SSSR count). The van der Waals surface area contributed by atoms with E-state index in [4.69, 9.17) is 5.11 Å². The van der Waals surface area contributed by atoms with Crippen LogP contribution in [0.1, 0.15) is 22.8 Å². The molecule has 5 nitrogen and oxygen atoms in total. The molecule has 0 heterocycles. The summed E-state index contributed by atoms with van der Waals surface area (Å²) in [7, 11) is 0. The average Bonchev–Trinajstić information content (AvgIpc) is 2.24. The van der Waals surface area contributed by atoms with E-state index in [1.165, 1.54) is 6.92 Å². The van der Waals surface area contributed by atoms with Gasteiger partial charge in [0, 0.05) is 5.56 Å². The fraction of sp³-hybridized carbons (Fsp3) is 0.333. The molecule has 3 N–H and O–H groups in total. The molecule has 1 amide bonds. The molecule has 92 valence electrons. The number of hydrogen-bond acceptors (Lipinski definition) is 3. The highest BCUT2D eigenvalue weighted by molar-refractivity contribution is 5.96. The molecule has 17 heavy (non-hydrogen) atoms. The van der Waals surface area contributed by atoms with Crippen molar-refractivity contribution in [2.24, 2.45) is 0 Å². The number of carboxylic acid groups (broad SMARTS) is 1. The maximum Gasteiger partial charge on any atom is 0.328 e. The number of hydrogen-bond donors (Lipinski definition) is 3. The number of aliphatic hydroxyl groups excluding tert-OH is 1. The highest BCUT2D eigenvalue weighted by atomic mass is 16.4. The quantitative estimate of drug-likeness (QED) is 0.714. The second-order valence-electron chi connectivity index (χ2n) is 3.90. The van der Waals surface area contributed by atoms with E-state index >= 15 is 0 Å². The van der Waals surface area contributed by atoms with Crippen LogP contribution in [0.4, 0.5) is 0 Å². The minimum atomic E-state index is -1.30. The van der Waals surface area contributed by atoms with Crippen LogP contribution in [0.5, 0.6) is 0 Å². The van der Waals surface area contributed by atoms with Crippen LogP contribution in [0.3, 0.4) is 0 Å². The molecule has 5 heteroatoms. The molecule has 0 aliphatic rings. The second kappa shape index (κ2) is 5.45. The van der Waals surface area contributed by atoms with Crippen molar-refractivity contribution < 1.29 is 19.8 Å². The van der Waals surface area contributed by atoms with Crippen LogP contribution in [0.2, 0.25) is 0 Å². The number of carbonyl (C=O) groups is 2. The number of carbonyl (C=O) groups excluding carboxylic acids is 1. The summed E-state index contributed by atoms with van der Waals surface area (Å²) in [6.07, 6.45) is -1.15. The Kier molecular flexibility index (Phi) is 4.23. The van der Waals surface area contributed by atoms with Gasteiger partial charge in [-0.05, 0) is 26.0 Å². The molecule has 2 atom stereocenters. The summed E-state index contributed by atoms with van der Waals surface area (Å²) >= 11 is 0. The smallest absolute Gasteiger partial charge is 0.328 e. The predicted octanol–water partition coefficient (Wildman–Crippen LogP) is 0.559. The number of aliphatic carboxylic acids is 1. The fourth-order valence-electron chi connectivity index (χ4n) is 1.40. The Morgan fingerprint density at radius 3 is 2.47 bits per heavy atom. The van der Waals surface area contributed by atoms with Gasteiger partial charge in [-0.3, -0.25) is 4.79 Å². The van der Waals surface area contributed by atoms with Crippen LogP contribution in [-0.4, -0.2) is 34.2 Å². The zero-order valence-corrected chi connectivity index (χ0v) is 9.68. The molecule has 0 aromatic heterocycles. The number of carboxylic acids is 1. The molecule has 0 spiro atoms. The van der Waals surface area contributed by atoms with E-state index in [9.17, 15) is 14.7 Å². The van der Waals surface area contributed by atoms with Gasteiger partial charge in [-0.25, -0.2) is 4.79 Å². The van der Waals surface area contributed by atoms with Crippen molar-refractivity contribution in [1.29, 1.82) is 0 Å². The summed E-state index contributed by atoms with van der Waals surface area (Å²) in [6, 6.07) is 5.48. The Hall–Kier alpha value is -1.88. The summed E-state index contributed by atoms with van der Waals surface area (Å²) < 4.78 is 0. The van der Waals surface area contributed by atoms with Gasteiger partial charge in [0.25, 0.3) is 5.91 Å². The monoisotopic (exact) mass is 237 g/mol. The van der Waals surface area contributed by atoms with E-state index in [0.29, 0.717) is 5.56 Å². The van der Waals surface area contributed by atoms with Gasteiger partial charge in [-0.2, -0.15) is 0 Å². The fourth-order valence-corrected chi connectivity index (χ4v) is 1.40. The Balaban J connectivity index is 2.81. The third-order valence-electron chi connectivity index (χ3n) is 2.32. The summed E-state index contributed by atoms with van der Waals surface area (Å²) in [5.41, 5.74) is 1.28. The molecule has 1 aromatic rings. The lowest BCUT2D eigenvalue weighted by Crippen LogP contribution is -2.47. The second-order valence-corrected chi connectivity index (χ2v) is 3.90. The lowest BCUT2D eigenvalue weighted by molar-refractivity contribution is -0.141. The first-order valence-corrected chi connectivity index (χ1v) is 5.20. The summed E-state index contributed by atoms with van der Waals surface area (Å²) in [6.45, 7) is 3.15. The van der Waals surface area contributed by atoms with Crippen molar-refractivity contribution >= 4 is 11.9 Å². The van der Waals surface area contributed by atoms with Gasteiger partial charge in [0.1, 0.15) is 0 Å². The van der Waals surface area contributed by atoms with E-state index < -0.39 is 24.0 Å². The molecule has 0 fully saturated rings. The maximum absolute atomic E-state index is 11.7. The van der Waals surface area contributed by atoms with Crippen molar-refractivity contribution in [3.8, 4) is 0 Å². The van der Waals surface area contributed by atoms with E-state index in [-0.39, 0.29) is 0 Å². The van der Waals surface area contributed by atoms with E-state index in [1.807, 2.05) is 13.0 Å². The largest absolute Gasteiger partial charge is 0.480 e. The minimum Gasteiger partial charge on any atom is -0.480 e. The van der Waals surface area contributed by atoms with Crippen LogP contribution in [0.25, 0.3) is 0 Å². The minimum absolute atomic E-state index is 0.372. The third kappa shape index (κ3) is 3.57.